The van der Waals surface area contributed by atoms with Crippen molar-refractivity contribution in [2.75, 3.05) is 0 Å². The predicted octanol–water partition coefficient (Wildman–Crippen LogP) is 3.06. The standard InChI is InChI=1S/C14H17ClFN3/c1-3-11-7-12(19(2)18-11)9-17-8-10-4-5-14(16)13(15)6-10/h4-7,17H,3,8-9H2,1-2H3. The molecule has 0 saturated heterocycles. The number of aryl methyl sites for hydroxylation is 2. The predicted molar refractivity (Wildman–Crippen MR) is 74.5 cm³/mol. The summed E-state index contributed by atoms with van der Waals surface area (Å²) in [6, 6.07) is 6.85. The monoisotopic (exact) mass is 281 g/mol. The van der Waals surface area contributed by atoms with Crippen LogP contribution in [0.4, 0.5) is 4.39 Å². The van der Waals surface area contributed by atoms with Gasteiger partial charge in [0.15, 0.2) is 0 Å². The second-order valence-corrected chi connectivity index (χ2v) is 4.86. The smallest absolute Gasteiger partial charge is 0.141 e. The maximum Gasteiger partial charge on any atom is 0.141 e. The molecule has 0 aliphatic heterocycles. The molecular formula is C14H17ClFN3. The van der Waals surface area contributed by atoms with Gasteiger partial charge in [0.25, 0.3) is 0 Å². The van der Waals surface area contributed by atoms with Crippen molar-refractivity contribution in [3.63, 3.8) is 0 Å². The molecule has 0 saturated carbocycles. The molecule has 0 amide bonds. The molecule has 5 heteroatoms. The van der Waals surface area contributed by atoms with Crippen LogP contribution in [0.15, 0.2) is 24.3 Å². The van der Waals surface area contributed by atoms with Gasteiger partial charge in [-0.2, -0.15) is 5.10 Å². The first-order chi connectivity index (χ1) is 9.10. The molecule has 0 radical (unpaired) electrons. The minimum Gasteiger partial charge on any atom is -0.307 e. The molecule has 1 heterocycles. The zero-order chi connectivity index (χ0) is 13.8. The molecule has 1 N–H and O–H groups in total. The van der Waals surface area contributed by atoms with Gasteiger partial charge in [0.05, 0.1) is 16.4 Å². The Kier molecular flexibility index (Phi) is 4.56. The molecule has 19 heavy (non-hydrogen) atoms. The van der Waals surface area contributed by atoms with Crippen molar-refractivity contribution < 1.29 is 4.39 Å². The summed E-state index contributed by atoms with van der Waals surface area (Å²) >= 11 is 5.74. The van der Waals surface area contributed by atoms with E-state index in [1.807, 2.05) is 11.7 Å². The van der Waals surface area contributed by atoms with Crippen molar-refractivity contribution in [3.8, 4) is 0 Å². The Bertz CT molecular complexity index is 566. The van der Waals surface area contributed by atoms with Gasteiger partial charge in [-0.05, 0) is 30.2 Å². The van der Waals surface area contributed by atoms with Gasteiger partial charge in [0.2, 0.25) is 0 Å². The van der Waals surface area contributed by atoms with Crippen LogP contribution in [-0.4, -0.2) is 9.78 Å². The Hall–Kier alpha value is -1.39. The van der Waals surface area contributed by atoms with Gasteiger partial charge in [-0.1, -0.05) is 24.6 Å². The summed E-state index contributed by atoms with van der Waals surface area (Å²) in [5, 5.41) is 7.85. The van der Waals surface area contributed by atoms with E-state index in [9.17, 15) is 4.39 Å². The summed E-state index contributed by atoms with van der Waals surface area (Å²) in [4.78, 5) is 0. The number of aromatic nitrogens is 2. The zero-order valence-corrected chi connectivity index (χ0v) is 11.8. The van der Waals surface area contributed by atoms with E-state index in [1.54, 1.807) is 12.1 Å². The van der Waals surface area contributed by atoms with Crippen molar-refractivity contribution in [1.82, 2.24) is 15.1 Å². The molecule has 0 bridgehead atoms. The molecule has 3 nitrogen and oxygen atoms in total. The molecule has 0 aliphatic carbocycles. The van der Waals surface area contributed by atoms with Crippen LogP contribution in [0.25, 0.3) is 0 Å². The van der Waals surface area contributed by atoms with Crippen LogP contribution in [0.3, 0.4) is 0 Å². The summed E-state index contributed by atoms with van der Waals surface area (Å²) in [7, 11) is 1.94. The van der Waals surface area contributed by atoms with E-state index >= 15 is 0 Å². The highest BCUT2D eigenvalue weighted by Gasteiger charge is 2.04. The van der Waals surface area contributed by atoms with Crippen molar-refractivity contribution in [3.05, 3.63) is 52.1 Å². The topological polar surface area (TPSA) is 29.9 Å². The first-order valence-corrected chi connectivity index (χ1v) is 6.64. The van der Waals surface area contributed by atoms with E-state index in [1.165, 1.54) is 6.07 Å². The summed E-state index contributed by atoms with van der Waals surface area (Å²) < 4.78 is 14.9. The Morgan fingerprint density at radius 2 is 2.11 bits per heavy atom. The van der Waals surface area contributed by atoms with Crippen LogP contribution in [0.5, 0.6) is 0 Å². The second-order valence-electron chi connectivity index (χ2n) is 4.46. The van der Waals surface area contributed by atoms with Gasteiger partial charge in [-0.3, -0.25) is 4.68 Å². The number of hydrogen-bond acceptors (Lipinski definition) is 2. The van der Waals surface area contributed by atoms with Crippen LogP contribution < -0.4 is 5.32 Å². The minimum atomic E-state index is -0.385. The van der Waals surface area contributed by atoms with Gasteiger partial charge in [-0.25, -0.2) is 4.39 Å². The number of benzene rings is 1. The highest BCUT2D eigenvalue weighted by atomic mass is 35.5. The fourth-order valence-corrected chi connectivity index (χ4v) is 2.10. The van der Waals surface area contributed by atoms with E-state index in [4.69, 9.17) is 11.6 Å². The van der Waals surface area contributed by atoms with Crippen LogP contribution in [0, 0.1) is 5.82 Å². The minimum absolute atomic E-state index is 0.160. The molecule has 2 aromatic rings. The number of halogens is 2. The third-order valence-corrected chi connectivity index (χ3v) is 3.30. The number of nitrogens with one attached hydrogen (secondary N) is 1. The van der Waals surface area contributed by atoms with Gasteiger partial charge in [0, 0.05) is 20.1 Å². The molecule has 0 fully saturated rings. The fraction of sp³-hybridized carbons (Fsp3) is 0.357. The summed E-state index contributed by atoms with van der Waals surface area (Å²) in [5.74, 6) is -0.385. The average molecular weight is 282 g/mol. The Balaban J connectivity index is 1.92. The summed E-state index contributed by atoms with van der Waals surface area (Å²) in [6.07, 6.45) is 0.932. The van der Waals surface area contributed by atoms with E-state index < -0.39 is 0 Å². The van der Waals surface area contributed by atoms with Gasteiger partial charge >= 0.3 is 0 Å². The lowest BCUT2D eigenvalue weighted by atomic mass is 10.2. The van der Waals surface area contributed by atoms with Crippen LogP contribution >= 0.6 is 11.6 Å². The Labute approximate surface area is 117 Å². The lowest BCUT2D eigenvalue weighted by molar-refractivity contribution is 0.616. The van der Waals surface area contributed by atoms with Crippen molar-refractivity contribution in [2.45, 2.75) is 26.4 Å². The SMILES string of the molecule is CCc1cc(CNCc2ccc(F)c(Cl)c2)n(C)n1. The van der Waals surface area contributed by atoms with Crippen molar-refractivity contribution in [1.29, 1.82) is 0 Å². The molecule has 1 aromatic carbocycles. The molecule has 1 aromatic heterocycles. The van der Waals surface area contributed by atoms with Crippen LogP contribution in [0.1, 0.15) is 23.9 Å². The van der Waals surface area contributed by atoms with E-state index in [-0.39, 0.29) is 10.8 Å². The number of nitrogens with zero attached hydrogens (tertiary/aromatic N) is 2. The molecular weight excluding hydrogens is 265 g/mol. The van der Waals surface area contributed by atoms with Crippen LogP contribution in [0.2, 0.25) is 5.02 Å². The first kappa shape index (κ1) is 14.0. The Morgan fingerprint density at radius 3 is 2.74 bits per heavy atom. The molecule has 0 spiro atoms. The first-order valence-electron chi connectivity index (χ1n) is 6.26. The van der Waals surface area contributed by atoms with Crippen molar-refractivity contribution in [2.24, 2.45) is 7.05 Å². The van der Waals surface area contributed by atoms with E-state index in [2.05, 4.69) is 23.4 Å². The lowest BCUT2D eigenvalue weighted by Crippen LogP contribution is -2.15. The third-order valence-electron chi connectivity index (χ3n) is 3.01. The number of rotatable bonds is 5. The largest absolute Gasteiger partial charge is 0.307 e. The molecule has 0 unspecified atom stereocenters. The quantitative estimate of drug-likeness (QED) is 0.913. The van der Waals surface area contributed by atoms with Crippen LogP contribution in [-0.2, 0) is 26.6 Å². The summed E-state index contributed by atoms with van der Waals surface area (Å²) in [6.45, 7) is 3.45. The Morgan fingerprint density at radius 1 is 1.32 bits per heavy atom. The lowest BCUT2D eigenvalue weighted by Gasteiger charge is -2.06. The fourth-order valence-electron chi connectivity index (χ4n) is 1.89. The highest BCUT2D eigenvalue weighted by Crippen LogP contribution is 2.15. The third kappa shape index (κ3) is 3.55. The molecule has 2 rings (SSSR count). The maximum atomic E-state index is 13.0. The molecule has 0 atom stereocenters. The summed E-state index contributed by atoms with van der Waals surface area (Å²) in [5.41, 5.74) is 3.18. The van der Waals surface area contributed by atoms with E-state index in [0.717, 1.165) is 29.9 Å². The zero-order valence-electron chi connectivity index (χ0n) is 11.1. The maximum absolute atomic E-state index is 13.0. The van der Waals surface area contributed by atoms with Crippen molar-refractivity contribution >= 4 is 11.6 Å². The average Bonchev–Trinajstić information content (AvgIpc) is 2.75. The highest BCUT2D eigenvalue weighted by molar-refractivity contribution is 6.30. The molecule has 102 valence electrons. The van der Waals surface area contributed by atoms with Gasteiger partial charge < -0.3 is 5.32 Å². The molecule has 0 aliphatic rings. The number of hydrogen-bond donors (Lipinski definition) is 1. The normalized spacial score (nSPS) is 10.9. The van der Waals surface area contributed by atoms with Gasteiger partial charge in [0.1, 0.15) is 5.82 Å². The van der Waals surface area contributed by atoms with E-state index in [0.29, 0.717) is 6.54 Å². The second kappa shape index (κ2) is 6.17. The van der Waals surface area contributed by atoms with Gasteiger partial charge in [-0.15, -0.1) is 0 Å².